The van der Waals surface area contributed by atoms with E-state index in [1.807, 2.05) is 13.0 Å². The van der Waals surface area contributed by atoms with Crippen molar-refractivity contribution < 1.29 is 43.8 Å². The van der Waals surface area contributed by atoms with Crippen LogP contribution in [0.25, 0.3) is 22.2 Å². The monoisotopic (exact) mass is 570 g/mol. The summed E-state index contributed by atoms with van der Waals surface area (Å²) >= 11 is -1.14. The molecule has 1 N–H and O–H groups in total. The van der Waals surface area contributed by atoms with Gasteiger partial charge < -0.3 is 0 Å². The molecule has 1 aliphatic rings. The first-order valence-electron chi connectivity index (χ1n) is 9.63. The van der Waals surface area contributed by atoms with E-state index in [1.54, 1.807) is 16.2 Å². The van der Waals surface area contributed by atoms with Crippen molar-refractivity contribution in [2.75, 3.05) is 12.4 Å². The Balaban J connectivity index is 1.69. The molecule has 0 bridgehead atoms. The van der Waals surface area contributed by atoms with Gasteiger partial charge in [0.2, 0.25) is 0 Å². The van der Waals surface area contributed by atoms with Crippen molar-refractivity contribution in [1.82, 2.24) is 15.0 Å². The topological polar surface area (TPSA) is 72.3 Å². The van der Waals surface area contributed by atoms with Crippen LogP contribution in [-0.4, -0.2) is 40.0 Å². The van der Waals surface area contributed by atoms with Crippen LogP contribution in [0.4, 0.5) is 23.4 Å². The van der Waals surface area contributed by atoms with Crippen LogP contribution < -0.4 is 31.5 Å². The minimum absolute atomic E-state index is 0.347. The molecule has 33 heavy (non-hydrogen) atoms. The van der Waals surface area contributed by atoms with E-state index >= 15 is 0 Å². The number of fused-ring (bicyclic) bond motifs is 1. The Kier molecular flexibility index (Phi) is 6.58. The predicted molar refractivity (Wildman–Crippen MR) is 113 cm³/mol. The quantitative estimate of drug-likeness (QED) is 0.376. The van der Waals surface area contributed by atoms with E-state index in [1.165, 1.54) is 25.6 Å². The van der Waals surface area contributed by atoms with Crippen LogP contribution in [0.1, 0.15) is 6.92 Å². The molecule has 0 saturated carbocycles. The Morgan fingerprint density at radius 2 is 1.91 bits per heavy atom. The molecule has 1 unspecified atom stereocenters. The van der Waals surface area contributed by atoms with Crippen LogP contribution >= 0.6 is 0 Å². The standard InChI is InChI=1S/C22H17F4IN5O/c1-12(13-3-6-19(22(24,25)26)32-27-9-13)31-21-16-7-14(17-5-4-15(23)10-28-17)8-18(33-2)20(16)29-11-30-21/h3-12H,1-2H3,(H,29,30,31)/q-1. The summed E-state index contributed by atoms with van der Waals surface area (Å²) < 4.78 is 63.2. The van der Waals surface area contributed by atoms with Crippen LogP contribution in [0.15, 0.2) is 61.8 Å². The van der Waals surface area contributed by atoms with Gasteiger partial charge in [-0.05, 0) is 0 Å². The number of methoxy groups -OCH3 is 1. The summed E-state index contributed by atoms with van der Waals surface area (Å²) in [5.74, 6) is 0.508. The third-order valence-corrected chi connectivity index (χ3v) is 6.63. The molecule has 1 aromatic carbocycles. The first-order chi connectivity index (χ1) is 15.8. The van der Waals surface area contributed by atoms with Gasteiger partial charge in [-0.1, -0.05) is 0 Å². The first kappa shape index (κ1) is 23.1. The fourth-order valence-corrected chi connectivity index (χ4v) is 5.09. The maximum absolute atomic E-state index is 13.3. The zero-order valence-corrected chi connectivity index (χ0v) is 19.5. The number of aromatic nitrogens is 3. The molecule has 0 aliphatic carbocycles. The molecule has 3 aromatic rings. The van der Waals surface area contributed by atoms with Gasteiger partial charge in [0, 0.05) is 0 Å². The molecule has 1 atom stereocenters. The van der Waals surface area contributed by atoms with Gasteiger partial charge in [0.05, 0.1) is 0 Å². The molecule has 0 spiro atoms. The molecule has 2 aromatic heterocycles. The van der Waals surface area contributed by atoms with Gasteiger partial charge in [-0.15, -0.1) is 0 Å². The Hall–Kier alpha value is -3.09. The third kappa shape index (κ3) is 5.13. The number of hydrogen-bond acceptors (Lipinski definition) is 6. The summed E-state index contributed by atoms with van der Waals surface area (Å²) in [6, 6.07) is 6.08. The average molecular weight is 570 g/mol. The van der Waals surface area contributed by atoms with E-state index in [2.05, 4.69) is 23.5 Å². The molecule has 0 fully saturated rings. The summed E-state index contributed by atoms with van der Waals surface area (Å²) in [6.45, 7) is 1.83. The predicted octanol–water partition coefficient (Wildman–Crippen LogP) is 2.10. The SMILES string of the molecule is COc1cc(-c2ccc(F)cn2)cc2c(NC(C)C3=C[I-]N=C(C(F)(F)F)C=C3)ncnc12. The molecular formula is C22H17F4IN5O-. The number of benzene rings is 1. The van der Waals surface area contributed by atoms with Crippen LogP contribution in [0, 0.1) is 5.82 Å². The van der Waals surface area contributed by atoms with Gasteiger partial charge in [-0.25, -0.2) is 4.39 Å². The van der Waals surface area contributed by atoms with Crippen LogP contribution in [0.3, 0.4) is 0 Å². The van der Waals surface area contributed by atoms with Gasteiger partial charge in [0.25, 0.3) is 0 Å². The van der Waals surface area contributed by atoms with Gasteiger partial charge in [-0.2, -0.15) is 0 Å². The molecule has 11 heteroatoms. The van der Waals surface area contributed by atoms with Crippen molar-refractivity contribution in [2.24, 2.45) is 3.21 Å². The van der Waals surface area contributed by atoms with E-state index in [9.17, 15) is 17.6 Å². The number of nitrogens with zero attached hydrogens (tertiary/aromatic N) is 4. The van der Waals surface area contributed by atoms with E-state index in [0.29, 0.717) is 39.3 Å². The molecule has 6 nitrogen and oxygen atoms in total. The number of pyridine rings is 1. The second-order valence-corrected chi connectivity index (χ2v) is 8.69. The zero-order valence-electron chi connectivity index (χ0n) is 17.4. The van der Waals surface area contributed by atoms with E-state index in [4.69, 9.17) is 4.74 Å². The molecule has 4 rings (SSSR count). The van der Waals surface area contributed by atoms with Gasteiger partial charge >= 0.3 is 193 Å². The number of hydrogen-bond donors (Lipinski definition) is 1. The van der Waals surface area contributed by atoms with Crippen LogP contribution in [0.5, 0.6) is 5.75 Å². The zero-order chi connectivity index (χ0) is 23.6. The van der Waals surface area contributed by atoms with Gasteiger partial charge in [0.1, 0.15) is 0 Å². The summed E-state index contributed by atoms with van der Waals surface area (Å²) in [6.07, 6.45) is 0.454. The van der Waals surface area contributed by atoms with Crippen molar-refractivity contribution in [3.05, 3.63) is 64.4 Å². The third-order valence-electron chi connectivity index (χ3n) is 4.84. The van der Waals surface area contributed by atoms with E-state index < -0.39 is 39.2 Å². The summed E-state index contributed by atoms with van der Waals surface area (Å²) in [5, 5.41) is 3.88. The molecule has 0 amide bonds. The van der Waals surface area contributed by atoms with E-state index in [-0.39, 0.29) is 6.04 Å². The number of rotatable bonds is 5. The average Bonchev–Trinajstić information content (AvgIpc) is 3.06. The molecule has 1 aliphatic heterocycles. The number of ether oxygens (including phenoxy) is 1. The first-order valence-corrected chi connectivity index (χ1v) is 11.8. The maximum atomic E-state index is 13.3. The Morgan fingerprint density at radius 1 is 1.09 bits per heavy atom. The fraction of sp³-hybridized carbons (Fsp3) is 0.182. The van der Waals surface area contributed by atoms with Gasteiger partial charge in [-0.3, -0.25) is 0 Å². The molecular weight excluding hydrogens is 553 g/mol. The minimum atomic E-state index is -4.47. The normalized spacial score (nSPS) is 15.2. The second kappa shape index (κ2) is 9.41. The summed E-state index contributed by atoms with van der Waals surface area (Å²) in [7, 11) is 1.51. The fourth-order valence-electron chi connectivity index (χ4n) is 3.14. The second-order valence-electron chi connectivity index (χ2n) is 7.03. The molecule has 0 radical (unpaired) electrons. The molecule has 0 saturated heterocycles. The van der Waals surface area contributed by atoms with Crippen molar-refractivity contribution in [1.29, 1.82) is 0 Å². The number of allylic oxidation sites excluding steroid dienone is 1. The Bertz CT molecular complexity index is 1270. The van der Waals surface area contributed by atoms with Crippen LogP contribution in [-0.2, 0) is 0 Å². The Labute approximate surface area is 197 Å². The number of halogens is 5. The van der Waals surface area contributed by atoms with Gasteiger partial charge in [0.15, 0.2) is 0 Å². The van der Waals surface area contributed by atoms with Crippen molar-refractivity contribution in [3.8, 4) is 17.0 Å². The van der Waals surface area contributed by atoms with Crippen molar-refractivity contribution in [3.63, 3.8) is 0 Å². The number of nitrogens with one attached hydrogen (secondary N) is 1. The number of anilines is 1. The number of alkyl halides is 3. The van der Waals surface area contributed by atoms with Crippen molar-refractivity contribution >= 4 is 22.4 Å². The summed E-state index contributed by atoms with van der Waals surface area (Å²) in [5.41, 5.74) is 1.57. The van der Waals surface area contributed by atoms with Crippen molar-refractivity contribution in [2.45, 2.75) is 19.1 Å². The van der Waals surface area contributed by atoms with Crippen LogP contribution in [0.2, 0.25) is 0 Å². The summed E-state index contributed by atoms with van der Waals surface area (Å²) in [4.78, 5) is 12.8. The Morgan fingerprint density at radius 3 is 2.61 bits per heavy atom. The molecule has 3 heterocycles. The van der Waals surface area contributed by atoms with E-state index in [0.717, 1.165) is 12.3 Å². The molecule has 172 valence electrons.